The number of carbonyl (C=O) groups is 3. The van der Waals surface area contributed by atoms with E-state index in [2.05, 4.69) is 5.32 Å². The molecule has 0 aliphatic heterocycles. The molecule has 0 spiro atoms. The van der Waals surface area contributed by atoms with Gasteiger partial charge in [0, 0.05) is 11.4 Å². The molecule has 0 unspecified atom stereocenters. The number of halogens is 2. The summed E-state index contributed by atoms with van der Waals surface area (Å²) < 4.78 is 5.42. The molecule has 1 amide bonds. The summed E-state index contributed by atoms with van der Waals surface area (Å²) >= 11 is 13.0. The summed E-state index contributed by atoms with van der Waals surface area (Å²) in [6.07, 6.45) is -0.0883. The molecule has 0 radical (unpaired) electrons. The monoisotopic (exact) mass is 413 g/mol. The lowest BCUT2D eigenvalue weighted by Gasteiger charge is -2.15. The van der Waals surface area contributed by atoms with Crippen molar-refractivity contribution >= 4 is 52.2 Å². The minimum absolute atomic E-state index is 0.00726. The number of rotatable bonds is 8. The number of amides is 1. The number of hydrogen-bond donors (Lipinski definition) is 1. The number of benzene rings is 1. The van der Waals surface area contributed by atoms with Crippen LogP contribution in [0.4, 0.5) is 0 Å². The van der Waals surface area contributed by atoms with Crippen LogP contribution >= 0.6 is 34.5 Å². The van der Waals surface area contributed by atoms with Gasteiger partial charge in [-0.25, -0.2) is 0 Å². The van der Waals surface area contributed by atoms with Crippen LogP contribution in [0.3, 0.4) is 0 Å². The van der Waals surface area contributed by atoms with Crippen molar-refractivity contribution in [3.8, 4) is 0 Å². The van der Waals surface area contributed by atoms with E-state index in [9.17, 15) is 14.4 Å². The second-order valence-electron chi connectivity index (χ2n) is 5.50. The Bertz CT molecular complexity index is 806. The average Bonchev–Trinajstić information content (AvgIpc) is 3.04. The highest BCUT2D eigenvalue weighted by molar-refractivity contribution is 7.18. The number of thiophene rings is 1. The minimum atomic E-state index is -0.610. The van der Waals surface area contributed by atoms with Gasteiger partial charge in [0.15, 0.2) is 12.4 Å². The minimum Gasteiger partial charge on any atom is -0.456 e. The Hall–Kier alpha value is -1.89. The molecule has 26 heavy (non-hydrogen) atoms. The lowest BCUT2D eigenvalue weighted by Crippen LogP contribution is -2.31. The van der Waals surface area contributed by atoms with Crippen molar-refractivity contribution in [1.29, 1.82) is 0 Å². The standard InChI is InChI=1S/C18H17Cl2NO4S/c1-11(12-4-2-3-5-13(12)19)21-17(23)10-25-18(24)9-6-14(22)15-7-8-16(20)26-15/h2-5,7-8,11H,6,9-10H2,1H3,(H,21,23)/t11-/m1/s1. The van der Waals surface area contributed by atoms with Gasteiger partial charge in [0.05, 0.1) is 21.7 Å². The fraction of sp³-hybridized carbons (Fsp3) is 0.278. The smallest absolute Gasteiger partial charge is 0.306 e. The fourth-order valence-corrected chi connectivity index (χ4v) is 3.52. The van der Waals surface area contributed by atoms with Crippen LogP contribution in [0, 0.1) is 0 Å². The van der Waals surface area contributed by atoms with Gasteiger partial charge in [0.25, 0.3) is 5.91 Å². The van der Waals surface area contributed by atoms with E-state index in [-0.39, 0.29) is 24.7 Å². The Labute approximate surface area is 165 Å². The van der Waals surface area contributed by atoms with E-state index in [1.54, 1.807) is 31.2 Å². The van der Waals surface area contributed by atoms with Crippen LogP contribution < -0.4 is 5.32 Å². The second kappa shape index (κ2) is 9.71. The summed E-state index contributed by atoms with van der Waals surface area (Å²) in [5.74, 6) is -1.24. The first-order valence-electron chi connectivity index (χ1n) is 7.84. The Kier molecular flexibility index (Phi) is 7.63. The van der Waals surface area contributed by atoms with Crippen molar-refractivity contribution in [3.05, 3.63) is 56.2 Å². The van der Waals surface area contributed by atoms with Crippen molar-refractivity contribution in [3.63, 3.8) is 0 Å². The summed E-state index contributed by atoms with van der Waals surface area (Å²) in [5, 5.41) is 3.25. The molecule has 0 aliphatic rings. The summed E-state index contributed by atoms with van der Waals surface area (Å²) in [5.41, 5.74) is 0.772. The molecule has 1 N–H and O–H groups in total. The fourth-order valence-electron chi connectivity index (χ4n) is 2.21. The van der Waals surface area contributed by atoms with Gasteiger partial charge in [0.2, 0.25) is 0 Å². The van der Waals surface area contributed by atoms with Gasteiger partial charge in [-0.15, -0.1) is 11.3 Å². The molecule has 8 heteroatoms. The highest BCUT2D eigenvalue weighted by atomic mass is 35.5. The Morgan fingerprint density at radius 3 is 2.50 bits per heavy atom. The first kappa shape index (κ1) is 20.4. The maximum Gasteiger partial charge on any atom is 0.306 e. The van der Waals surface area contributed by atoms with E-state index in [1.807, 2.05) is 12.1 Å². The van der Waals surface area contributed by atoms with Crippen LogP contribution in [0.1, 0.15) is 41.0 Å². The molecule has 2 aromatic rings. The lowest BCUT2D eigenvalue weighted by molar-refractivity contribution is -0.148. The Morgan fingerprint density at radius 1 is 1.12 bits per heavy atom. The van der Waals surface area contributed by atoms with Crippen LogP contribution in [0.15, 0.2) is 36.4 Å². The Balaban J connectivity index is 1.72. The average molecular weight is 414 g/mol. The van der Waals surface area contributed by atoms with Crippen LogP contribution in [0.25, 0.3) is 0 Å². The van der Waals surface area contributed by atoms with E-state index < -0.39 is 18.5 Å². The number of esters is 1. The summed E-state index contributed by atoms with van der Waals surface area (Å²) in [7, 11) is 0. The molecule has 5 nitrogen and oxygen atoms in total. The third-order valence-corrected chi connectivity index (χ3v) is 5.13. The summed E-state index contributed by atoms with van der Waals surface area (Å²) in [4.78, 5) is 36.0. The van der Waals surface area contributed by atoms with Crippen molar-refractivity contribution in [2.24, 2.45) is 0 Å². The SMILES string of the molecule is C[C@@H](NC(=O)COC(=O)CCC(=O)c1ccc(Cl)s1)c1ccccc1Cl. The van der Waals surface area contributed by atoms with Crippen molar-refractivity contribution in [2.45, 2.75) is 25.8 Å². The van der Waals surface area contributed by atoms with Gasteiger partial charge in [0.1, 0.15) is 0 Å². The quantitative estimate of drug-likeness (QED) is 0.512. The topological polar surface area (TPSA) is 72.5 Å². The predicted molar refractivity (Wildman–Crippen MR) is 102 cm³/mol. The molecule has 138 valence electrons. The number of ether oxygens (including phenoxy) is 1. The highest BCUT2D eigenvalue weighted by Gasteiger charge is 2.15. The van der Waals surface area contributed by atoms with Gasteiger partial charge >= 0.3 is 5.97 Å². The largest absolute Gasteiger partial charge is 0.456 e. The van der Waals surface area contributed by atoms with Gasteiger partial charge < -0.3 is 10.1 Å². The molecule has 1 atom stereocenters. The van der Waals surface area contributed by atoms with Crippen LogP contribution in [0.2, 0.25) is 9.36 Å². The van der Waals surface area contributed by atoms with E-state index in [0.717, 1.165) is 16.9 Å². The molecule has 0 bridgehead atoms. The van der Waals surface area contributed by atoms with Crippen molar-refractivity contribution in [2.75, 3.05) is 6.61 Å². The maximum absolute atomic E-state index is 11.9. The van der Waals surface area contributed by atoms with E-state index in [1.165, 1.54) is 0 Å². The zero-order valence-corrected chi connectivity index (χ0v) is 16.3. The molecule has 1 heterocycles. The molecule has 1 aromatic heterocycles. The first-order valence-corrected chi connectivity index (χ1v) is 9.42. The zero-order chi connectivity index (χ0) is 19.1. The van der Waals surface area contributed by atoms with Gasteiger partial charge in [-0.1, -0.05) is 41.4 Å². The van der Waals surface area contributed by atoms with Crippen LogP contribution in [-0.4, -0.2) is 24.3 Å². The second-order valence-corrected chi connectivity index (χ2v) is 7.62. The third-order valence-electron chi connectivity index (χ3n) is 3.52. The van der Waals surface area contributed by atoms with Gasteiger partial charge in [-0.2, -0.15) is 0 Å². The normalized spacial score (nSPS) is 11.7. The van der Waals surface area contributed by atoms with Crippen LogP contribution in [0.5, 0.6) is 0 Å². The van der Waals surface area contributed by atoms with E-state index in [0.29, 0.717) is 14.2 Å². The van der Waals surface area contributed by atoms with Crippen molar-refractivity contribution in [1.82, 2.24) is 5.32 Å². The zero-order valence-electron chi connectivity index (χ0n) is 14.0. The molecular formula is C18H17Cl2NO4S. The summed E-state index contributed by atoms with van der Waals surface area (Å²) in [6, 6.07) is 10.1. The van der Waals surface area contributed by atoms with E-state index >= 15 is 0 Å². The van der Waals surface area contributed by atoms with Gasteiger partial charge in [-0.05, 0) is 30.7 Å². The number of ketones is 1. The van der Waals surface area contributed by atoms with Crippen molar-refractivity contribution < 1.29 is 19.1 Å². The predicted octanol–water partition coefficient (Wildman–Crippen LogP) is 4.44. The number of Topliss-reactive ketones (excluding diaryl/α,β-unsaturated/α-hetero) is 1. The Morgan fingerprint density at radius 2 is 1.85 bits per heavy atom. The number of nitrogens with one attached hydrogen (secondary N) is 1. The number of hydrogen-bond acceptors (Lipinski definition) is 5. The third kappa shape index (κ3) is 6.12. The highest BCUT2D eigenvalue weighted by Crippen LogP contribution is 2.23. The first-order chi connectivity index (χ1) is 12.4. The molecule has 2 rings (SSSR count). The molecule has 0 fully saturated rings. The molecule has 1 aromatic carbocycles. The number of carbonyl (C=O) groups excluding carboxylic acids is 3. The van der Waals surface area contributed by atoms with E-state index in [4.69, 9.17) is 27.9 Å². The summed E-state index contributed by atoms with van der Waals surface area (Å²) in [6.45, 7) is 1.37. The molecule has 0 saturated heterocycles. The molecule has 0 saturated carbocycles. The van der Waals surface area contributed by atoms with Gasteiger partial charge in [-0.3, -0.25) is 14.4 Å². The molecular weight excluding hydrogens is 397 g/mol. The van der Waals surface area contributed by atoms with Crippen LogP contribution in [-0.2, 0) is 14.3 Å². The lowest BCUT2D eigenvalue weighted by atomic mass is 10.1. The maximum atomic E-state index is 11.9. The molecule has 0 aliphatic carbocycles.